The third-order valence-electron chi connectivity index (χ3n) is 5.14. The monoisotopic (exact) mass is 411 g/mol. The number of hydrogen-bond acceptors (Lipinski definition) is 4. The highest BCUT2D eigenvalue weighted by molar-refractivity contribution is 5.95. The van der Waals surface area contributed by atoms with Gasteiger partial charge in [0.1, 0.15) is 0 Å². The van der Waals surface area contributed by atoms with Gasteiger partial charge in [-0.2, -0.15) is 0 Å². The summed E-state index contributed by atoms with van der Waals surface area (Å²) in [6, 6.07) is 15.1. The van der Waals surface area contributed by atoms with Crippen LogP contribution in [0.3, 0.4) is 0 Å². The molecule has 1 aliphatic rings. The first-order chi connectivity index (χ1) is 14.5. The van der Waals surface area contributed by atoms with Gasteiger partial charge in [-0.25, -0.2) is 4.79 Å². The molecule has 7 nitrogen and oxygen atoms in total. The minimum atomic E-state index is -0.0684. The van der Waals surface area contributed by atoms with Crippen LogP contribution in [0.1, 0.15) is 22.8 Å². The van der Waals surface area contributed by atoms with Crippen LogP contribution >= 0.6 is 0 Å². The van der Waals surface area contributed by atoms with Gasteiger partial charge in [-0.15, -0.1) is 0 Å². The van der Waals surface area contributed by atoms with Crippen molar-refractivity contribution in [1.29, 1.82) is 0 Å². The quantitative estimate of drug-likeness (QED) is 0.733. The van der Waals surface area contributed by atoms with Gasteiger partial charge in [0.25, 0.3) is 5.91 Å². The van der Waals surface area contributed by atoms with Gasteiger partial charge in [0, 0.05) is 45.3 Å². The number of methoxy groups -OCH3 is 1. The molecule has 2 aromatic rings. The van der Waals surface area contributed by atoms with Crippen LogP contribution in [0.5, 0.6) is 11.5 Å². The zero-order valence-electron chi connectivity index (χ0n) is 17.8. The van der Waals surface area contributed by atoms with Crippen molar-refractivity contribution in [1.82, 2.24) is 14.7 Å². The Bertz CT molecular complexity index is 864. The van der Waals surface area contributed by atoms with Crippen LogP contribution in [0.15, 0.2) is 48.5 Å². The van der Waals surface area contributed by atoms with Crippen LogP contribution in [-0.2, 0) is 6.54 Å². The number of hydrogen-bond donors (Lipinski definition) is 0. The molecule has 1 heterocycles. The van der Waals surface area contributed by atoms with E-state index in [1.54, 1.807) is 47.1 Å². The summed E-state index contributed by atoms with van der Waals surface area (Å²) >= 11 is 0. The number of rotatable bonds is 6. The van der Waals surface area contributed by atoms with E-state index < -0.39 is 0 Å². The van der Waals surface area contributed by atoms with Gasteiger partial charge in [-0.05, 0) is 30.7 Å². The number of benzene rings is 2. The first-order valence-electron chi connectivity index (χ1n) is 10.2. The average molecular weight is 412 g/mol. The number of carbonyl (C=O) groups is 2. The van der Waals surface area contributed by atoms with Crippen molar-refractivity contribution in [2.45, 2.75) is 13.5 Å². The predicted octanol–water partition coefficient (Wildman–Crippen LogP) is 3.10. The van der Waals surface area contributed by atoms with Gasteiger partial charge in [0.15, 0.2) is 11.5 Å². The second-order valence-corrected chi connectivity index (χ2v) is 7.20. The van der Waals surface area contributed by atoms with Crippen molar-refractivity contribution in [3.05, 3.63) is 59.7 Å². The molecular weight excluding hydrogens is 382 g/mol. The fraction of sp³-hybridized carbons (Fsp3) is 0.391. The highest BCUT2D eigenvalue weighted by atomic mass is 16.5. The molecule has 0 unspecified atom stereocenters. The third-order valence-corrected chi connectivity index (χ3v) is 5.14. The lowest BCUT2D eigenvalue weighted by atomic mass is 10.1. The lowest BCUT2D eigenvalue weighted by Gasteiger charge is -2.36. The van der Waals surface area contributed by atoms with Crippen LogP contribution in [-0.4, -0.2) is 73.6 Å². The molecule has 3 rings (SSSR count). The first kappa shape index (κ1) is 21.5. The summed E-state index contributed by atoms with van der Waals surface area (Å²) in [5.41, 5.74) is 1.64. The Kier molecular flexibility index (Phi) is 7.17. The Balaban J connectivity index is 1.57. The first-order valence-corrected chi connectivity index (χ1v) is 10.2. The van der Waals surface area contributed by atoms with Crippen molar-refractivity contribution >= 4 is 11.9 Å². The van der Waals surface area contributed by atoms with Crippen LogP contribution < -0.4 is 9.47 Å². The van der Waals surface area contributed by atoms with Crippen molar-refractivity contribution in [3.8, 4) is 11.5 Å². The van der Waals surface area contributed by atoms with Gasteiger partial charge in [-0.1, -0.05) is 30.3 Å². The largest absolute Gasteiger partial charge is 0.493 e. The number of ether oxygens (including phenoxy) is 2. The Labute approximate surface area is 177 Å². The molecule has 1 saturated heterocycles. The smallest absolute Gasteiger partial charge is 0.320 e. The molecule has 30 heavy (non-hydrogen) atoms. The molecule has 1 fully saturated rings. The van der Waals surface area contributed by atoms with Crippen LogP contribution in [0, 0.1) is 0 Å². The molecule has 1 aliphatic heterocycles. The maximum atomic E-state index is 12.9. The van der Waals surface area contributed by atoms with Crippen LogP contribution in [0.25, 0.3) is 0 Å². The Morgan fingerprint density at radius 1 is 0.967 bits per heavy atom. The molecule has 0 aliphatic carbocycles. The normalized spacial score (nSPS) is 13.7. The van der Waals surface area contributed by atoms with Crippen LogP contribution in [0.2, 0.25) is 0 Å². The zero-order chi connectivity index (χ0) is 21.5. The van der Waals surface area contributed by atoms with Crippen molar-refractivity contribution in [2.24, 2.45) is 0 Å². The maximum Gasteiger partial charge on any atom is 0.320 e. The van der Waals surface area contributed by atoms with Gasteiger partial charge in [0.05, 0.1) is 13.7 Å². The molecule has 0 spiro atoms. The van der Waals surface area contributed by atoms with E-state index in [2.05, 4.69) is 0 Å². The zero-order valence-corrected chi connectivity index (χ0v) is 17.8. The van der Waals surface area contributed by atoms with Crippen LogP contribution in [0.4, 0.5) is 4.79 Å². The van der Waals surface area contributed by atoms with Crippen molar-refractivity contribution in [3.63, 3.8) is 0 Å². The van der Waals surface area contributed by atoms with Gasteiger partial charge in [0.2, 0.25) is 0 Å². The molecule has 7 heteroatoms. The van der Waals surface area contributed by atoms with Gasteiger partial charge < -0.3 is 24.2 Å². The van der Waals surface area contributed by atoms with E-state index in [-0.39, 0.29) is 11.9 Å². The van der Waals surface area contributed by atoms with E-state index in [0.29, 0.717) is 56.4 Å². The number of urea groups is 1. The fourth-order valence-electron chi connectivity index (χ4n) is 3.53. The van der Waals surface area contributed by atoms with E-state index in [1.807, 2.05) is 37.3 Å². The minimum absolute atomic E-state index is 0.0197. The number of carbonyl (C=O) groups excluding carboxylic acids is 2. The van der Waals surface area contributed by atoms with E-state index in [9.17, 15) is 9.59 Å². The van der Waals surface area contributed by atoms with E-state index in [0.717, 1.165) is 5.56 Å². The van der Waals surface area contributed by atoms with E-state index in [1.165, 1.54) is 0 Å². The van der Waals surface area contributed by atoms with Crippen molar-refractivity contribution in [2.75, 3.05) is 46.9 Å². The standard InChI is InChI=1S/C23H29N3O4/c1-4-30-20-11-10-19(16-21(20)29-3)22(27)25-12-14-26(15-13-25)23(28)24(2)17-18-8-6-5-7-9-18/h5-11,16H,4,12-15,17H2,1-3H3. The summed E-state index contributed by atoms with van der Waals surface area (Å²) in [6.45, 7) is 5.01. The molecule has 0 N–H and O–H groups in total. The lowest BCUT2D eigenvalue weighted by Crippen LogP contribution is -2.53. The Morgan fingerprint density at radius 2 is 1.63 bits per heavy atom. The second-order valence-electron chi connectivity index (χ2n) is 7.20. The summed E-state index contributed by atoms with van der Waals surface area (Å²) in [6.07, 6.45) is 0. The summed E-state index contributed by atoms with van der Waals surface area (Å²) in [5.74, 6) is 1.09. The second kappa shape index (κ2) is 10.0. The summed E-state index contributed by atoms with van der Waals surface area (Å²) < 4.78 is 10.9. The molecule has 0 bridgehead atoms. The van der Waals surface area contributed by atoms with E-state index >= 15 is 0 Å². The minimum Gasteiger partial charge on any atom is -0.493 e. The Morgan fingerprint density at radius 3 is 2.27 bits per heavy atom. The summed E-state index contributed by atoms with van der Waals surface area (Å²) in [4.78, 5) is 30.9. The maximum absolute atomic E-state index is 12.9. The number of nitrogens with zero attached hydrogens (tertiary/aromatic N) is 3. The SMILES string of the molecule is CCOc1ccc(C(=O)N2CCN(C(=O)N(C)Cc3ccccc3)CC2)cc1OC. The third kappa shape index (κ3) is 5.03. The molecule has 2 aromatic carbocycles. The topological polar surface area (TPSA) is 62.3 Å². The molecule has 0 radical (unpaired) electrons. The highest BCUT2D eigenvalue weighted by Gasteiger charge is 2.27. The number of amides is 3. The fourth-order valence-corrected chi connectivity index (χ4v) is 3.53. The predicted molar refractivity (Wildman–Crippen MR) is 115 cm³/mol. The molecule has 0 saturated carbocycles. The summed E-state index contributed by atoms with van der Waals surface area (Å²) in [7, 11) is 3.36. The van der Waals surface area contributed by atoms with Gasteiger partial charge in [-0.3, -0.25) is 4.79 Å². The highest BCUT2D eigenvalue weighted by Crippen LogP contribution is 2.28. The number of piperazine rings is 1. The molecule has 3 amide bonds. The van der Waals surface area contributed by atoms with Gasteiger partial charge >= 0.3 is 6.03 Å². The lowest BCUT2D eigenvalue weighted by molar-refractivity contribution is 0.0643. The summed E-state index contributed by atoms with van der Waals surface area (Å²) in [5, 5.41) is 0. The van der Waals surface area contributed by atoms with E-state index in [4.69, 9.17) is 9.47 Å². The molecule has 160 valence electrons. The average Bonchev–Trinajstić information content (AvgIpc) is 2.79. The van der Waals surface area contributed by atoms with Crippen molar-refractivity contribution < 1.29 is 19.1 Å². The molecule has 0 atom stereocenters. The Hall–Kier alpha value is -3.22. The molecular formula is C23H29N3O4. The molecule has 0 aromatic heterocycles.